The van der Waals surface area contributed by atoms with Crippen LogP contribution in [0.4, 0.5) is 9.59 Å². The molecule has 0 bridgehead atoms. The number of hydrogen-bond acceptors (Lipinski definition) is 10. The Bertz CT molecular complexity index is 2810. The van der Waals surface area contributed by atoms with Gasteiger partial charge in [-0.05, 0) is 85.5 Å². The minimum Gasteiger partial charge on any atom is -0.453 e. The second-order valence-electron chi connectivity index (χ2n) is 17.3. The van der Waals surface area contributed by atoms with E-state index < -0.39 is 24.3 Å². The Hall–Kier alpha value is -7.25. The van der Waals surface area contributed by atoms with E-state index in [9.17, 15) is 19.2 Å². The Balaban J connectivity index is 0.868. The number of H-pyrrole nitrogens is 2. The zero-order valence-electron chi connectivity index (χ0n) is 37.2. The SMILES string of the molecule is COC(=O)N[C@H](C(=O)N1CCC[C@H]1c1nc2ccc(C#Cc3ccc4cc(-c5cnc([C@@H]6CCCN6C(=O)[C@H](NC(=O)OC6CCOCC6)c6ccccc6)[nH]5)ccc4n3)cc2[nH]1)C(C)C. The smallest absolute Gasteiger partial charge is 0.408 e. The van der Waals surface area contributed by atoms with Crippen LogP contribution in [0.25, 0.3) is 33.2 Å². The van der Waals surface area contributed by atoms with E-state index in [1.165, 1.54) is 7.11 Å². The van der Waals surface area contributed by atoms with Gasteiger partial charge in [0.25, 0.3) is 5.91 Å². The van der Waals surface area contributed by atoms with Crippen molar-refractivity contribution in [3.05, 3.63) is 114 Å². The van der Waals surface area contributed by atoms with E-state index in [-0.39, 0.29) is 35.9 Å². The number of methoxy groups -OCH3 is 1. The molecule has 0 saturated carbocycles. The Labute approximate surface area is 382 Å². The first-order valence-electron chi connectivity index (χ1n) is 22.6. The summed E-state index contributed by atoms with van der Waals surface area (Å²) in [7, 11) is 1.28. The highest BCUT2D eigenvalue weighted by molar-refractivity contribution is 5.88. The van der Waals surface area contributed by atoms with Gasteiger partial charge in [0, 0.05) is 42.4 Å². The number of ether oxygens (including phenoxy) is 3. The number of nitrogens with one attached hydrogen (secondary N) is 4. The van der Waals surface area contributed by atoms with Crippen molar-refractivity contribution in [2.24, 2.45) is 5.92 Å². The summed E-state index contributed by atoms with van der Waals surface area (Å²) >= 11 is 0. The first kappa shape index (κ1) is 44.0. The van der Waals surface area contributed by atoms with Crippen LogP contribution >= 0.6 is 0 Å². The predicted molar refractivity (Wildman–Crippen MR) is 246 cm³/mol. The number of rotatable bonds is 10. The summed E-state index contributed by atoms with van der Waals surface area (Å²) in [5, 5.41) is 6.49. The third-order valence-corrected chi connectivity index (χ3v) is 12.6. The molecule has 3 aromatic carbocycles. The average molecular weight is 892 g/mol. The summed E-state index contributed by atoms with van der Waals surface area (Å²) in [5.41, 5.74) is 6.20. The van der Waals surface area contributed by atoms with Gasteiger partial charge >= 0.3 is 12.2 Å². The van der Waals surface area contributed by atoms with E-state index >= 15 is 0 Å². The molecule has 0 radical (unpaired) electrons. The molecule has 0 spiro atoms. The zero-order chi connectivity index (χ0) is 45.7. The number of aromatic amines is 2. The summed E-state index contributed by atoms with van der Waals surface area (Å²) in [6, 6.07) is 22.8. The maximum absolute atomic E-state index is 14.3. The van der Waals surface area contributed by atoms with E-state index in [1.807, 2.05) is 86.6 Å². The number of carbonyl (C=O) groups is 4. The monoisotopic (exact) mass is 891 g/mol. The highest BCUT2D eigenvalue weighted by atomic mass is 16.6. The number of hydrogen-bond donors (Lipinski definition) is 4. The molecule has 66 heavy (non-hydrogen) atoms. The topological polar surface area (TPSA) is 197 Å². The summed E-state index contributed by atoms with van der Waals surface area (Å²) in [4.78, 5) is 77.9. The van der Waals surface area contributed by atoms with Gasteiger partial charge in [0.1, 0.15) is 35.5 Å². The van der Waals surface area contributed by atoms with Gasteiger partial charge in [-0.15, -0.1) is 0 Å². The molecule has 9 rings (SSSR count). The Morgan fingerprint density at radius 3 is 2.27 bits per heavy atom. The molecule has 4 amide bonds. The molecular weight excluding hydrogens is 839 g/mol. The van der Waals surface area contributed by atoms with E-state index in [0.717, 1.165) is 64.4 Å². The maximum atomic E-state index is 14.3. The van der Waals surface area contributed by atoms with Gasteiger partial charge in [-0.1, -0.05) is 56.2 Å². The number of amides is 4. The van der Waals surface area contributed by atoms with Crippen molar-refractivity contribution in [2.45, 2.75) is 82.6 Å². The zero-order valence-corrected chi connectivity index (χ0v) is 37.2. The molecule has 3 aromatic heterocycles. The average Bonchev–Trinajstić information content (AvgIpc) is 4.19. The lowest BCUT2D eigenvalue weighted by Gasteiger charge is -2.29. The fourth-order valence-corrected chi connectivity index (χ4v) is 9.12. The number of nitrogens with zero attached hydrogens (tertiary/aromatic N) is 5. The Morgan fingerprint density at radius 1 is 0.773 bits per heavy atom. The fraction of sp³-hybridized carbons (Fsp3) is 0.380. The number of imidazole rings is 2. The van der Waals surface area contributed by atoms with Gasteiger partial charge in [0.2, 0.25) is 5.91 Å². The number of carbonyl (C=O) groups excluding carboxylic acids is 4. The van der Waals surface area contributed by atoms with Crippen molar-refractivity contribution in [2.75, 3.05) is 33.4 Å². The maximum Gasteiger partial charge on any atom is 0.408 e. The molecule has 3 fully saturated rings. The first-order valence-corrected chi connectivity index (χ1v) is 22.6. The number of fused-ring (bicyclic) bond motifs is 2. The van der Waals surface area contributed by atoms with Gasteiger partial charge in [0.05, 0.1) is 60.8 Å². The molecule has 6 aromatic rings. The van der Waals surface area contributed by atoms with Gasteiger partial charge < -0.3 is 44.6 Å². The van der Waals surface area contributed by atoms with Gasteiger partial charge in [-0.3, -0.25) is 9.59 Å². The third kappa shape index (κ3) is 9.57. The molecule has 3 aliphatic rings. The van der Waals surface area contributed by atoms with Crippen molar-refractivity contribution >= 4 is 45.9 Å². The van der Waals surface area contributed by atoms with Crippen LogP contribution in [0.2, 0.25) is 0 Å². The van der Waals surface area contributed by atoms with Crippen LogP contribution in [0.15, 0.2) is 85.1 Å². The second kappa shape index (κ2) is 19.5. The van der Waals surface area contributed by atoms with E-state index in [0.29, 0.717) is 62.1 Å². The minimum absolute atomic E-state index is 0.122. The quantitative estimate of drug-likeness (QED) is 0.102. The number of aromatic nitrogens is 5. The minimum atomic E-state index is -0.916. The molecule has 3 saturated heterocycles. The predicted octanol–water partition coefficient (Wildman–Crippen LogP) is 7.26. The Morgan fingerprint density at radius 2 is 1.52 bits per heavy atom. The van der Waals surface area contributed by atoms with Crippen molar-refractivity contribution in [3.8, 4) is 23.1 Å². The third-order valence-electron chi connectivity index (χ3n) is 12.6. The first-order chi connectivity index (χ1) is 32.1. The van der Waals surface area contributed by atoms with E-state index in [1.54, 1.807) is 16.0 Å². The Kier molecular flexibility index (Phi) is 13.0. The number of alkyl carbamates (subject to hydrolysis) is 2. The van der Waals surface area contributed by atoms with Crippen LogP contribution in [0.1, 0.15) is 99.0 Å². The van der Waals surface area contributed by atoms with Gasteiger partial charge in [-0.25, -0.2) is 24.5 Å². The highest BCUT2D eigenvalue weighted by Gasteiger charge is 2.39. The fourth-order valence-electron chi connectivity index (χ4n) is 9.12. The van der Waals surface area contributed by atoms with Crippen LogP contribution in [-0.2, 0) is 23.8 Å². The summed E-state index contributed by atoms with van der Waals surface area (Å²) in [6.45, 7) is 5.97. The van der Waals surface area contributed by atoms with Crippen LogP contribution in [0.5, 0.6) is 0 Å². The highest BCUT2D eigenvalue weighted by Crippen LogP contribution is 2.35. The molecule has 3 aliphatic heterocycles. The lowest BCUT2D eigenvalue weighted by atomic mass is 10.0. The van der Waals surface area contributed by atoms with E-state index in [4.69, 9.17) is 29.2 Å². The van der Waals surface area contributed by atoms with Crippen LogP contribution in [-0.4, -0.2) is 104 Å². The summed E-state index contributed by atoms with van der Waals surface area (Å²) in [6.07, 6.45) is 4.65. The number of likely N-dealkylation sites (tertiary alicyclic amines) is 2. The molecule has 0 aliphatic carbocycles. The van der Waals surface area contributed by atoms with E-state index in [2.05, 4.69) is 38.5 Å². The molecule has 4 atom stereocenters. The van der Waals surface area contributed by atoms with Gasteiger partial charge in [0.15, 0.2) is 0 Å². The number of pyridine rings is 1. The molecule has 340 valence electrons. The van der Waals surface area contributed by atoms with Crippen molar-refractivity contribution in [1.29, 1.82) is 0 Å². The molecule has 6 heterocycles. The van der Waals surface area contributed by atoms with Crippen molar-refractivity contribution in [1.82, 2.24) is 45.4 Å². The molecule has 0 unspecified atom stereocenters. The standard InChI is InChI=1S/C50H53N9O7/c1-30(2)43(56-49(62)64-3)47(60)59-24-8-12-42(59)46-53-38-19-14-31(27-39(38)54-46)13-17-35-18-15-33-28-34(16-20-37(33)52-35)40-29-51-45(55-40)41-11-7-23-58(41)48(61)44(32-9-5-4-6-10-32)57-50(63)66-36-21-25-65-26-22-36/h4-6,9-10,14-16,18-20,27-30,36,41-44H,7-8,11-12,21-26H2,1-3H3,(H,51,55)(H,53,54)(H,56,62)(H,57,63)/t41-,42-,43-,44+/m0/s1. The lowest BCUT2D eigenvalue weighted by Crippen LogP contribution is -2.51. The van der Waals surface area contributed by atoms with Gasteiger partial charge in [-0.2, -0.15) is 0 Å². The lowest BCUT2D eigenvalue weighted by molar-refractivity contribution is -0.136. The largest absolute Gasteiger partial charge is 0.453 e. The summed E-state index contributed by atoms with van der Waals surface area (Å²) in [5.74, 6) is 7.34. The molecular formula is C50H53N9O7. The van der Waals surface area contributed by atoms with Crippen LogP contribution in [0.3, 0.4) is 0 Å². The van der Waals surface area contributed by atoms with Crippen LogP contribution < -0.4 is 10.6 Å². The second-order valence-corrected chi connectivity index (χ2v) is 17.3. The van der Waals surface area contributed by atoms with Crippen molar-refractivity contribution < 1.29 is 33.4 Å². The summed E-state index contributed by atoms with van der Waals surface area (Å²) < 4.78 is 15.9. The van der Waals surface area contributed by atoms with Crippen molar-refractivity contribution in [3.63, 3.8) is 0 Å². The molecule has 16 heteroatoms. The number of benzene rings is 3. The molecule has 16 nitrogen and oxygen atoms in total. The van der Waals surface area contributed by atoms with Crippen LogP contribution in [0, 0.1) is 17.8 Å². The normalized spacial score (nSPS) is 18.5. The molecule has 4 N–H and O–H groups in total.